The van der Waals surface area contributed by atoms with Crippen LogP contribution in [-0.4, -0.2) is 61.5 Å². The van der Waals surface area contributed by atoms with E-state index in [2.05, 4.69) is 4.98 Å². The maximum Gasteiger partial charge on any atom is 0.431 e. The van der Waals surface area contributed by atoms with Crippen molar-refractivity contribution in [1.29, 1.82) is 0 Å². The number of amides is 1. The Kier molecular flexibility index (Phi) is 10.1. The number of rotatable bonds is 11. The lowest BCUT2D eigenvalue weighted by molar-refractivity contribution is -0.141. The Hall–Kier alpha value is -1.68. The summed E-state index contributed by atoms with van der Waals surface area (Å²) in [7, 11) is 3.05. The number of carbonyl (C=O) groups excluding carboxylic acids is 1. The van der Waals surface area contributed by atoms with E-state index in [0.717, 1.165) is 6.07 Å². The second-order valence-electron chi connectivity index (χ2n) is 7.07. The van der Waals surface area contributed by atoms with Gasteiger partial charge < -0.3 is 19.4 Å². The van der Waals surface area contributed by atoms with Gasteiger partial charge >= 0.3 is 6.18 Å². The van der Waals surface area contributed by atoms with E-state index in [9.17, 15) is 22.4 Å². The molecule has 5 nitrogen and oxygen atoms in total. The first-order valence-corrected chi connectivity index (χ1v) is 11.3. The quantitative estimate of drug-likeness (QED) is 0.305. The van der Waals surface area contributed by atoms with E-state index in [-0.39, 0.29) is 63.7 Å². The van der Waals surface area contributed by atoms with Crippen LogP contribution in [0, 0.1) is 5.82 Å². The Bertz CT molecular complexity index is 967. The van der Waals surface area contributed by atoms with Crippen LogP contribution >= 0.6 is 34.8 Å². The van der Waals surface area contributed by atoms with Crippen molar-refractivity contribution < 1.29 is 31.8 Å². The minimum absolute atomic E-state index is 0.00572. The molecule has 0 aliphatic carbocycles. The molecule has 184 valence electrons. The standard InChI is InChI=1S/C21H23Cl3F4N2O3/c1-30(7-8-32-2)18(31)11-33-17-9-13(15(25)10-14(17)24)19-12(3-5-22)20(21(26,27)28)29-16(19)4-6-23/h9-10,29H,3-8,11H2,1-2H3. The van der Waals surface area contributed by atoms with Gasteiger partial charge in [-0.05, 0) is 24.1 Å². The number of methoxy groups -OCH3 is 1. The van der Waals surface area contributed by atoms with Gasteiger partial charge in [0.15, 0.2) is 6.61 Å². The molecule has 0 radical (unpaired) electrons. The predicted molar refractivity (Wildman–Crippen MR) is 120 cm³/mol. The summed E-state index contributed by atoms with van der Waals surface area (Å²) < 4.78 is 66.2. The van der Waals surface area contributed by atoms with E-state index in [1.807, 2.05) is 0 Å². The first-order valence-electron chi connectivity index (χ1n) is 9.83. The van der Waals surface area contributed by atoms with Crippen LogP contribution < -0.4 is 4.74 Å². The molecule has 0 saturated carbocycles. The number of aromatic nitrogens is 1. The number of benzene rings is 1. The molecule has 0 aliphatic rings. The number of alkyl halides is 5. The third-order valence-electron chi connectivity index (χ3n) is 4.85. The lowest BCUT2D eigenvalue weighted by Gasteiger charge is -2.18. The smallest absolute Gasteiger partial charge is 0.431 e. The lowest BCUT2D eigenvalue weighted by Crippen LogP contribution is -2.33. The maximum absolute atomic E-state index is 14.9. The van der Waals surface area contributed by atoms with Crippen molar-refractivity contribution in [1.82, 2.24) is 9.88 Å². The van der Waals surface area contributed by atoms with Crippen LogP contribution in [0.5, 0.6) is 5.75 Å². The highest BCUT2D eigenvalue weighted by atomic mass is 35.5. The SMILES string of the molecule is COCCN(C)C(=O)COc1cc(-c2c(CCCl)[nH]c(C(F)(F)F)c2CCCl)c(F)cc1Cl. The molecule has 12 heteroatoms. The molecule has 1 aromatic carbocycles. The number of nitrogens with zero attached hydrogens (tertiary/aromatic N) is 1. The van der Waals surface area contributed by atoms with Crippen molar-refractivity contribution in [3.8, 4) is 16.9 Å². The molecule has 0 bridgehead atoms. The average Bonchev–Trinajstić information content (AvgIpc) is 3.10. The van der Waals surface area contributed by atoms with Gasteiger partial charge in [-0.2, -0.15) is 13.2 Å². The minimum atomic E-state index is -4.71. The van der Waals surface area contributed by atoms with Crippen molar-refractivity contribution in [3.05, 3.63) is 39.9 Å². The van der Waals surface area contributed by atoms with Crippen LogP contribution in [0.3, 0.4) is 0 Å². The summed E-state index contributed by atoms with van der Waals surface area (Å²) in [4.78, 5) is 15.9. The molecule has 1 aromatic heterocycles. The summed E-state index contributed by atoms with van der Waals surface area (Å²) in [5.74, 6) is -1.40. The second-order valence-corrected chi connectivity index (χ2v) is 8.23. The fourth-order valence-corrected chi connectivity index (χ4v) is 3.81. The molecule has 1 N–H and O–H groups in total. The number of hydrogen-bond donors (Lipinski definition) is 1. The summed E-state index contributed by atoms with van der Waals surface area (Å²) in [5.41, 5.74) is -1.24. The summed E-state index contributed by atoms with van der Waals surface area (Å²) in [6, 6.07) is 2.11. The molecule has 2 rings (SSSR count). The zero-order valence-electron chi connectivity index (χ0n) is 17.9. The van der Waals surface area contributed by atoms with Gasteiger partial charge in [-0.15, -0.1) is 23.2 Å². The highest BCUT2D eigenvalue weighted by Crippen LogP contribution is 2.42. The van der Waals surface area contributed by atoms with Gasteiger partial charge in [0.25, 0.3) is 5.91 Å². The highest BCUT2D eigenvalue weighted by molar-refractivity contribution is 6.32. The van der Waals surface area contributed by atoms with Gasteiger partial charge in [0, 0.05) is 55.7 Å². The molecule has 0 aliphatic heterocycles. The molecular formula is C21H23Cl3F4N2O3. The molecule has 0 spiro atoms. The number of aromatic amines is 1. The number of carbonyl (C=O) groups is 1. The zero-order valence-corrected chi connectivity index (χ0v) is 20.2. The van der Waals surface area contributed by atoms with E-state index in [1.54, 1.807) is 7.05 Å². The average molecular weight is 534 g/mol. The van der Waals surface area contributed by atoms with Gasteiger partial charge in [-0.25, -0.2) is 4.39 Å². The van der Waals surface area contributed by atoms with Gasteiger partial charge in [0.05, 0.1) is 11.6 Å². The number of likely N-dealkylation sites (N-methyl/N-ethyl adjacent to an activating group) is 1. The Morgan fingerprint density at radius 2 is 1.85 bits per heavy atom. The van der Waals surface area contributed by atoms with Crippen LogP contribution in [0.4, 0.5) is 17.6 Å². The number of hydrogen-bond acceptors (Lipinski definition) is 3. The van der Waals surface area contributed by atoms with E-state index < -0.39 is 24.3 Å². The van der Waals surface area contributed by atoms with Crippen molar-refractivity contribution in [3.63, 3.8) is 0 Å². The lowest BCUT2D eigenvalue weighted by atomic mass is 9.96. The fraction of sp³-hybridized carbons (Fsp3) is 0.476. The predicted octanol–water partition coefficient (Wildman–Crippen LogP) is 5.54. The molecule has 2 aromatic rings. The third-order valence-corrected chi connectivity index (χ3v) is 5.53. The van der Waals surface area contributed by atoms with Gasteiger partial charge in [-0.3, -0.25) is 4.79 Å². The van der Waals surface area contributed by atoms with E-state index in [4.69, 9.17) is 44.3 Å². The molecule has 1 amide bonds. The largest absolute Gasteiger partial charge is 0.482 e. The van der Waals surface area contributed by atoms with Crippen LogP contribution in [0.15, 0.2) is 12.1 Å². The van der Waals surface area contributed by atoms with E-state index in [0.29, 0.717) is 13.2 Å². The summed E-state index contributed by atoms with van der Waals surface area (Å²) in [6.07, 6.45) is -4.84. The molecule has 0 unspecified atom stereocenters. The topological polar surface area (TPSA) is 54.6 Å². The fourth-order valence-electron chi connectivity index (χ4n) is 3.22. The van der Waals surface area contributed by atoms with E-state index in [1.165, 1.54) is 18.1 Å². The molecule has 0 fully saturated rings. The number of halogens is 7. The Morgan fingerprint density at radius 1 is 1.18 bits per heavy atom. The van der Waals surface area contributed by atoms with Gasteiger partial charge in [0.2, 0.25) is 0 Å². The molecular weight excluding hydrogens is 511 g/mol. The van der Waals surface area contributed by atoms with Crippen molar-refractivity contribution >= 4 is 40.7 Å². The molecule has 0 atom stereocenters. The van der Waals surface area contributed by atoms with Crippen LogP contribution in [0.2, 0.25) is 5.02 Å². The van der Waals surface area contributed by atoms with Crippen molar-refractivity contribution in [2.24, 2.45) is 0 Å². The number of nitrogens with one attached hydrogen (secondary N) is 1. The zero-order chi connectivity index (χ0) is 24.8. The first kappa shape index (κ1) is 27.6. The van der Waals surface area contributed by atoms with Gasteiger partial charge in [-0.1, -0.05) is 11.6 Å². The normalized spacial score (nSPS) is 11.7. The van der Waals surface area contributed by atoms with Gasteiger partial charge in [0.1, 0.15) is 17.3 Å². The number of H-pyrrole nitrogens is 1. The minimum Gasteiger partial charge on any atom is -0.482 e. The highest BCUT2D eigenvalue weighted by Gasteiger charge is 2.38. The number of aryl methyl sites for hydroxylation is 1. The van der Waals surface area contributed by atoms with Crippen molar-refractivity contribution in [2.45, 2.75) is 19.0 Å². The maximum atomic E-state index is 14.9. The van der Waals surface area contributed by atoms with Crippen LogP contribution in [0.25, 0.3) is 11.1 Å². The number of ether oxygens (including phenoxy) is 2. The van der Waals surface area contributed by atoms with Crippen molar-refractivity contribution in [2.75, 3.05) is 45.7 Å². The summed E-state index contributed by atoms with van der Waals surface area (Å²) >= 11 is 17.6. The summed E-state index contributed by atoms with van der Waals surface area (Å²) in [5, 5.41) is -0.132. The molecule has 1 heterocycles. The summed E-state index contributed by atoms with van der Waals surface area (Å²) in [6.45, 7) is 0.245. The third kappa shape index (κ3) is 6.91. The Balaban J connectivity index is 2.50. The monoisotopic (exact) mass is 532 g/mol. The first-order chi connectivity index (χ1) is 15.5. The Labute approximate surface area is 203 Å². The molecule has 33 heavy (non-hydrogen) atoms. The van der Waals surface area contributed by atoms with Crippen LogP contribution in [0.1, 0.15) is 17.0 Å². The second kappa shape index (κ2) is 12.1. The Morgan fingerprint density at radius 3 is 2.42 bits per heavy atom. The molecule has 0 saturated heterocycles. The van der Waals surface area contributed by atoms with E-state index >= 15 is 0 Å². The van der Waals surface area contributed by atoms with Crippen LogP contribution in [-0.2, 0) is 28.5 Å².